The van der Waals surface area contributed by atoms with Crippen molar-refractivity contribution in [2.24, 2.45) is 5.92 Å². The molecule has 2 fully saturated rings. The van der Waals surface area contributed by atoms with E-state index in [0.717, 1.165) is 31.1 Å². The summed E-state index contributed by atoms with van der Waals surface area (Å²) < 4.78 is 0. The molecule has 2 heterocycles. The van der Waals surface area contributed by atoms with Crippen molar-refractivity contribution < 1.29 is 0 Å². The van der Waals surface area contributed by atoms with Crippen LogP contribution in [0.3, 0.4) is 0 Å². The van der Waals surface area contributed by atoms with Gasteiger partial charge in [-0.1, -0.05) is 12.8 Å². The molecule has 2 aromatic rings. The lowest BCUT2D eigenvalue weighted by Gasteiger charge is -2.38. The molecule has 19 heavy (non-hydrogen) atoms. The van der Waals surface area contributed by atoms with E-state index in [-0.39, 0.29) is 0 Å². The van der Waals surface area contributed by atoms with Gasteiger partial charge in [-0.25, -0.2) is 0 Å². The Balaban J connectivity index is 1.62. The fourth-order valence-corrected chi connectivity index (χ4v) is 3.16. The molecule has 1 atom stereocenters. The van der Waals surface area contributed by atoms with Crippen LogP contribution in [0.1, 0.15) is 19.3 Å². The molecule has 4 nitrogen and oxygen atoms in total. The van der Waals surface area contributed by atoms with Gasteiger partial charge in [0.1, 0.15) is 0 Å². The number of aromatic amines is 1. The van der Waals surface area contributed by atoms with E-state index in [1.165, 1.54) is 30.3 Å². The molecule has 1 aromatic carbocycles. The van der Waals surface area contributed by atoms with Gasteiger partial charge in [0.05, 0.1) is 11.7 Å². The minimum absolute atomic E-state index is 0.658. The number of piperazine rings is 1. The molecule has 2 aliphatic rings. The average molecular weight is 256 g/mol. The van der Waals surface area contributed by atoms with E-state index in [2.05, 4.69) is 38.6 Å². The minimum Gasteiger partial charge on any atom is -0.366 e. The Bertz CT molecular complexity index is 572. The molecular weight excluding hydrogens is 236 g/mol. The topological polar surface area (TPSA) is 44.0 Å². The first-order valence-electron chi connectivity index (χ1n) is 7.30. The van der Waals surface area contributed by atoms with E-state index in [1.807, 2.05) is 6.20 Å². The lowest BCUT2D eigenvalue weighted by atomic mass is 10.0. The van der Waals surface area contributed by atoms with Crippen molar-refractivity contribution in [3.63, 3.8) is 0 Å². The molecule has 0 spiro atoms. The molecule has 4 heteroatoms. The number of H-pyrrole nitrogens is 1. The fraction of sp³-hybridized carbons (Fsp3) is 0.533. The molecule has 0 amide bonds. The van der Waals surface area contributed by atoms with Gasteiger partial charge in [0.2, 0.25) is 0 Å². The number of hydrogen-bond acceptors (Lipinski definition) is 3. The van der Waals surface area contributed by atoms with Crippen LogP contribution in [-0.4, -0.2) is 35.9 Å². The van der Waals surface area contributed by atoms with Crippen molar-refractivity contribution in [3.8, 4) is 0 Å². The van der Waals surface area contributed by atoms with Crippen LogP contribution >= 0.6 is 0 Å². The second-order valence-corrected chi connectivity index (χ2v) is 5.87. The van der Waals surface area contributed by atoms with Crippen LogP contribution in [0.4, 0.5) is 5.69 Å². The van der Waals surface area contributed by atoms with Crippen molar-refractivity contribution in [1.82, 2.24) is 15.5 Å². The number of anilines is 1. The number of rotatable bonds is 3. The van der Waals surface area contributed by atoms with Crippen LogP contribution < -0.4 is 10.2 Å². The molecule has 0 unspecified atom stereocenters. The predicted octanol–water partition coefficient (Wildman–Crippen LogP) is 2.14. The highest BCUT2D eigenvalue weighted by atomic mass is 15.2. The standard InChI is InChI=1S/C15H20N4/c1-2-11(1)7-14-10-16-5-6-19(14)13-3-4-15-12(8-13)9-17-18-15/h3-4,8-9,11,14,16H,1-2,5-7,10H2,(H,17,18)/t14-/m0/s1. The Kier molecular flexibility index (Phi) is 2.69. The summed E-state index contributed by atoms with van der Waals surface area (Å²) >= 11 is 0. The Hall–Kier alpha value is -1.55. The monoisotopic (exact) mass is 256 g/mol. The maximum absolute atomic E-state index is 4.11. The van der Waals surface area contributed by atoms with Crippen LogP contribution in [-0.2, 0) is 0 Å². The molecule has 1 aliphatic heterocycles. The quantitative estimate of drug-likeness (QED) is 0.884. The average Bonchev–Trinajstić information content (AvgIpc) is 3.14. The second-order valence-electron chi connectivity index (χ2n) is 5.87. The summed E-state index contributed by atoms with van der Waals surface area (Å²) in [5.41, 5.74) is 2.47. The molecule has 4 rings (SSSR count). The highest BCUT2D eigenvalue weighted by molar-refractivity contribution is 5.82. The zero-order chi connectivity index (χ0) is 12.7. The molecule has 100 valence electrons. The molecule has 0 bridgehead atoms. The Morgan fingerprint density at radius 1 is 1.32 bits per heavy atom. The van der Waals surface area contributed by atoms with E-state index in [1.54, 1.807) is 0 Å². The fourth-order valence-electron chi connectivity index (χ4n) is 3.16. The van der Waals surface area contributed by atoms with Crippen molar-refractivity contribution in [3.05, 3.63) is 24.4 Å². The van der Waals surface area contributed by atoms with Crippen LogP contribution in [0.25, 0.3) is 10.9 Å². The number of aromatic nitrogens is 2. The zero-order valence-electron chi connectivity index (χ0n) is 11.1. The number of hydrogen-bond donors (Lipinski definition) is 2. The largest absolute Gasteiger partial charge is 0.366 e. The SMILES string of the molecule is c1cc2[nH]ncc2cc1N1CCNC[C@@H]1CC1CC1. The molecule has 1 saturated heterocycles. The van der Waals surface area contributed by atoms with Gasteiger partial charge in [-0.3, -0.25) is 5.10 Å². The van der Waals surface area contributed by atoms with Crippen LogP contribution in [0, 0.1) is 5.92 Å². The number of nitrogens with one attached hydrogen (secondary N) is 2. The van der Waals surface area contributed by atoms with E-state index in [0.29, 0.717) is 6.04 Å². The van der Waals surface area contributed by atoms with Crippen molar-refractivity contribution >= 4 is 16.6 Å². The minimum atomic E-state index is 0.658. The molecule has 1 aromatic heterocycles. The van der Waals surface area contributed by atoms with Crippen molar-refractivity contribution in [2.45, 2.75) is 25.3 Å². The molecule has 1 aliphatic carbocycles. The van der Waals surface area contributed by atoms with Gasteiger partial charge in [-0.15, -0.1) is 0 Å². The lowest BCUT2D eigenvalue weighted by Crippen LogP contribution is -2.51. The van der Waals surface area contributed by atoms with E-state index in [4.69, 9.17) is 0 Å². The maximum atomic E-state index is 4.11. The van der Waals surface area contributed by atoms with Crippen molar-refractivity contribution in [2.75, 3.05) is 24.5 Å². The molecule has 0 radical (unpaired) electrons. The zero-order valence-corrected chi connectivity index (χ0v) is 11.1. The van der Waals surface area contributed by atoms with Gasteiger partial charge >= 0.3 is 0 Å². The number of nitrogens with zero attached hydrogens (tertiary/aromatic N) is 2. The first kappa shape index (κ1) is 11.3. The van der Waals surface area contributed by atoms with E-state index < -0.39 is 0 Å². The molecule has 1 saturated carbocycles. The van der Waals surface area contributed by atoms with Gasteiger partial charge in [-0.05, 0) is 30.5 Å². The summed E-state index contributed by atoms with van der Waals surface area (Å²) in [6.07, 6.45) is 6.13. The summed E-state index contributed by atoms with van der Waals surface area (Å²) in [7, 11) is 0. The maximum Gasteiger partial charge on any atom is 0.0651 e. The van der Waals surface area contributed by atoms with Crippen molar-refractivity contribution in [1.29, 1.82) is 0 Å². The smallest absolute Gasteiger partial charge is 0.0651 e. The Morgan fingerprint density at radius 2 is 2.26 bits per heavy atom. The third-order valence-electron chi connectivity index (χ3n) is 4.41. The highest BCUT2D eigenvalue weighted by Gasteiger charge is 2.30. The van der Waals surface area contributed by atoms with E-state index >= 15 is 0 Å². The van der Waals surface area contributed by atoms with Crippen LogP contribution in [0.2, 0.25) is 0 Å². The third-order valence-corrected chi connectivity index (χ3v) is 4.41. The predicted molar refractivity (Wildman–Crippen MR) is 77.4 cm³/mol. The molecule has 2 N–H and O–H groups in total. The van der Waals surface area contributed by atoms with Gasteiger partial charge < -0.3 is 10.2 Å². The Morgan fingerprint density at radius 3 is 3.16 bits per heavy atom. The summed E-state index contributed by atoms with van der Waals surface area (Å²) in [4.78, 5) is 2.58. The lowest BCUT2D eigenvalue weighted by molar-refractivity contribution is 0.437. The van der Waals surface area contributed by atoms with Crippen LogP contribution in [0.15, 0.2) is 24.4 Å². The first-order chi connectivity index (χ1) is 9.40. The third kappa shape index (κ3) is 2.21. The normalized spacial score (nSPS) is 24.0. The summed E-state index contributed by atoms with van der Waals surface area (Å²) in [6.45, 7) is 3.32. The van der Waals surface area contributed by atoms with Gasteiger partial charge in [-0.2, -0.15) is 5.10 Å². The van der Waals surface area contributed by atoms with E-state index in [9.17, 15) is 0 Å². The Labute approximate surface area is 113 Å². The van der Waals surface area contributed by atoms with Gasteiger partial charge in [0, 0.05) is 36.7 Å². The second kappa shape index (κ2) is 4.53. The summed E-state index contributed by atoms with van der Waals surface area (Å²) in [6, 6.07) is 7.30. The van der Waals surface area contributed by atoms with Gasteiger partial charge in [0.15, 0.2) is 0 Å². The molecular formula is C15H20N4. The first-order valence-corrected chi connectivity index (χ1v) is 7.30. The highest BCUT2D eigenvalue weighted by Crippen LogP contribution is 2.36. The number of fused-ring (bicyclic) bond motifs is 1. The number of benzene rings is 1. The summed E-state index contributed by atoms with van der Waals surface area (Å²) in [5.74, 6) is 0.977. The summed E-state index contributed by atoms with van der Waals surface area (Å²) in [5, 5.41) is 11.9. The van der Waals surface area contributed by atoms with Crippen LogP contribution in [0.5, 0.6) is 0 Å². The van der Waals surface area contributed by atoms with Gasteiger partial charge in [0.25, 0.3) is 0 Å².